The van der Waals surface area contributed by atoms with Crippen molar-refractivity contribution in [1.82, 2.24) is 10.2 Å². The molecule has 98 valence electrons. The molecule has 0 aliphatic heterocycles. The van der Waals surface area contributed by atoms with E-state index >= 15 is 0 Å². The van der Waals surface area contributed by atoms with Gasteiger partial charge in [0.1, 0.15) is 5.38 Å². The molecular weight excluding hydrogens is 270 g/mol. The molecule has 0 aromatic carbocycles. The molecule has 0 fully saturated rings. The fourth-order valence-corrected chi connectivity index (χ4v) is 2.45. The third kappa shape index (κ3) is 3.03. The number of anilines is 1. The monoisotopic (exact) mass is 285 g/mol. The maximum atomic E-state index is 5.87. The van der Waals surface area contributed by atoms with Gasteiger partial charge < -0.3 is 9.73 Å². The number of nitrogens with zero attached hydrogens (tertiary/aromatic N) is 2. The van der Waals surface area contributed by atoms with Crippen LogP contribution in [0, 0.1) is 0 Å². The lowest BCUT2D eigenvalue weighted by atomic mass is 9.91. The normalized spacial score (nSPS) is 13.6. The van der Waals surface area contributed by atoms with Crippen molar-refractivity contribution in [1.29, 1.82) is 0 Å². The Morgan fingerprint density at radius 3 is 2.83 bits per heavy atom. The van der Waals surface area contributed by atoms with Crippen LogP contribution in [0.2, 0.25) is 0 Å². The summed E-state index contributed by atoms with van der Waals surface area (Å²) in [7, 11) is 0. The van der Waals surface area contributed by atoms with Gasteiger partial charge in [-0.3, -0.25) is 0 Å². The van der Waals surface area contributed by atoms with Crippen LogP contribution in [-0.4, -0.2) is 16.7 Å². The predicted octanol–water partition coefficient (Wildman–Crippen LogP) is 3.82. The van der Waals surface area contributed by atoms with E-state index in [1.54, 1.807) is 18.3 Å². The maximum absolute atomic E-state index is 5.87. The highest BCUT2D eigenvalue weighted by atomic mass is 35.5. The molecule has 0 saturated heterocycles. The minimum Gasteiger partial charge on any atom is -0.407 e. The van der Waals surface area contributed by atoms with Crippen molar-refractivity contribution in [3.8, 4) is 0 Å². The molecule has 2 heterocycles. The Hall–Kier alpha value is -1.07. The summed E-state index contributed by atoms with van der Waals surface area (Å²) in [6.07, 6.45) is 0. The lowest BCUT2D eigenvalue weighted by molar-refractivity contribution is 0.493. The SMILES string of the molecule is CC(Cl)c1nnc(NCC(C)(C)c2cccs2)o1. The highest BCUT2D eigenvalue weighted by Gasteiger charge is 2.22. The smallest absolute Gasteiger partial charge is 0.315 e. The highest BCUT2D eigenvalue weighted by Crippen LogP contribution is 2.28. The lowest BCUT2D eigenvalue weighted by Gasteiger charge is -2.22. The van der Waals surface area contributed by atoms with Crippen molar-refractivity contribution in [2.75, 3.05) is 11.9 Å². The summed E-state index contributed by atoms with van der Waals surface area (Å²) in [4.78, 5) is 1.32. The molecule has 0 aliphatic rings. The average molecular weight is 286 g/mol. The van der Waals surface area contributed by atoms with Crippen LogP contribution in [0.4, 0.5) is 6.01 Å². The van der Waals surface area contributed by atoms with Crippen LogP contribution in [0.25, 0.3) is 0 Å². The largest absolute Gasteiger partial charge is 0.407 e. The number of nitrogens with one attached hydrogen (secondary N) is 1. The minimum atomic E-state index is -0.265. The molecule has 0 aliphatic carbocycles. The van der Waals surface area contributed by atoms with Crippen molar-refractivity contribution in [2.45, 2.75) is 31.6 Å². The lowest BCUT2D eigenvalue weighted by Crippen LogP contribution is -2.26. The van der Waals surface area contributed by atoms with Crippen molar-refractivity contribution < 1.29 is 4.42 Å². The standard InChI is InChI=1S/C12H16ClN3OS/c1-8(13)10-15-16-11(17-10)14-7-12(2,3)9-5-4-6-18-9/h4-6,8H,7H2,1-3H3,(H,14,16). The first-order valence-electron chi connectivity index (χ1n) is 5.74. The van der Waals surface area contributed by atoms with Crippen molar-refractivity contribution in [3.05, 3.63) is 28.3 Å². The first-order valence-corrected chi connectivity index (χ1v) is 7.06. The second-order valence-electron chi connectivity index (χ2n) is 4.78. The van der Waals surface area contributed by atoms with Gasteiger partial charge in [-0.05, 0) is 18.4 Å². The minimum absolute atomic E-state index is 0.0232. The molecule has 1 atom stereocenters. The quantitative estimate of drug-likeness (QED) is 0.849. The van der Waals surface area contributed by atoms with Crippen molar-refractivity contribution >= 4 is 29.0 Å². The Labute approximate surface area is 115 Å². The van der Waals surface area contributed by atoms with E-state index in [1.165, 1.54) is 4.88 Å². The Morgan fingerprint density at radius 1 is 1.50 bits per heavy atom. The molecule has 6 heteroatoms. The van der Waals surface area contributed by atoms with Crippen LogP contribution in [0.5, 0.6) is 0 Å². The molecule has 4 nitrogen and oxygen atoms in total. The van der Waals surface area contributed by atoms with Crippen LogP contribution in [0.3, 0.4) is 0 Å². The summed E-state index contributed by atoms with van der Waals surface area (Å²) >= 11 is 7.61. The number of halogens is 1. The Kier molecular flexibility index (Phi) is 3.92. The zero-order valence-electron chi connectivity index (χ0n) is 10.6. The number of aromatic nitrogens is 2. The van der Waals surface area contributed by atoms with Gasteiger partial charge in [-0.1, -0.05) is 25.0 Å². The Morgan fingerprint density at radius 2 is 2.28 bits per heavy atom. The average Bonchev–Trinajstić information content (AvgIpc) is 2.98. The van der Waals surface area contributed by atoms with E-state index in [1.807, 2.05) is 0 Å². The van der Waals surface area contributed by atoms with E-state index < -0.39 is 0 Å². The van der Waals surface area contributed by atoms with Gasteiger partial charge in [0.15, 0.2) is 0 Å². The zero-order valence-corrected chi connectivity index (χ0v) is 12.2. The molecule has 18 heavy (non-hydrogen) atoms. The van der Waals surface area contributed by atoms with Crippen LogP contribution >= 0.6 is 22.9 Å². The first-order chi connectivity index (χ1) is 8.49. The molecule has 2 aromatic heterocycles. The molecular formula is C12H16ClN3OS. The number of rotatable bonds is 5. The molecule has 0 amide bonds. The topological polar surface area (TPSA) is 51.0 Å². The molecule has 0 radical (unpaired) electrons. The van der Waals surface area contributed by atoms with E-state index in [2.05, 4.69) is 46.9 Å². The fourth-order valence-electron chi connectivity index (χ4n) is 1.51. The zero-order chi connectivity index (χ0) is 13.2. The van der Waals surface area contributed by atoms with Gasteiger partial charge in [0.25, 0.3) is 0 Å². The molecule has 1 unspecified atom stereocenters. The van der Waals surface area contributed by atoms with E-state index in [-0.39, 0.29) is 10.8 Å². The summed E-state index contributed by atoms with van der Waals surface area (Å²) in [6.45, 7) is 6.88. The van der Waals surface area contributed by atoms with Gasteiger partial charge in [0.05, 0.1) is 0 Å². The number of alkyl halides is 1. The van der Waals surface area contributed by atoms with Crippen LogP contribution in [0.1, 0.15) is 36.9 Å². The number of thiophene rings is 1. The van der Waals surface area contributed by atoms with E-state index in [0.717, 1.165) is 6.54 Å². The van der Waals surface area contributed by atoms with Gasteiger partial charge in [-0.25, -0.2) is 0 Å². The van der Waals surface area contributed by atoms with E-state index in [9.17, 15) is 0 Å². The number of hydrogen-bond acceptors (Lipinski definition) is 5. The van der Waals surface area contributed by atoms with Crippen molar-refractivity contribution in [2.24, 2.45) is 0 Å². The third-order valence-electron chi connectivity index (χ3n) is 2.65. The van der Waals surface area contributed by atoms with Crippen LogP contribution in [-0.2, 0) is 5.41 Å². The molecule has 1 N–H and O–H groups in total. The van der Waals surface area contributed by atoms with Gasteiger partial charge >= 0.3 is 6.01 Å². The second kappa shape index (κ2) is 5.28. The summed E-state index contributed by atoms with van der Waals surface area (Å²) in [5.74, 6) is 0.438. The molecule has 0 spiro atoms. The highest BCUT2D eigenvalue weighted by molar-refractivity contribution is 7.10. The van der Waals surface area contributed by atoms with Crippen LogP contribution in [0.15, 0.2) is 21.9 Å². The summed E-state index contributed by atoms with van der Waals surface area (Å²) in [5, 5.41) is 12.8. The molecule has 0 bridgehead atoms. The van der Waals surface area contributed by atoms with E-state index in [4.69, 9.17) is 16.0 Å². The first kappa shape index (κ1) is 13.4. The van der Waals surface area contributed by atoms with Crippen molar-refractivity contribution in [3.63, 3.8) is 0 Å². The second-order valence-corrected chi connectivity index (χ2v) is 6.38. The molecule has 2 rings (SSSR count). The molecule has 0 saturated carbocycles. The Balaban J connectivity index is 1.98. The van der Waals surface area contributed by atoms with Gasteiger partial charge in [0, 0.05) is 16.8 Å². The summed E-state index contributed by atoms with van der Waals surface area (Å²) in [5.41, 5.74) is 0.0232. The molecule has 2 aromatic rings. The third-order valence-corrected chi connectivity index (χ3v) is 4.07. The fraction of sp³-hybridized carbons (Fsp3) is 0.500. The van der Waals surface area contributed by atoms with E-state index in [0.29, 0.717) is 11.9 Å². The van der Waals surface area contributed by atoms with Crippen LogP contribution < -0.4 is 5.32 Å². The maximum Gasteiger partial charge on any atom is 0.315 e. The van der Waals surface area contributed by atoms with Gasteiger partial charge in [0.2, 0.25) is 5.89 Å². The summed E-state index contributed by atoms with van der Waals surface area (Å²) < 4.78 is 5.40. The predicted molar refractivity (Wildman–Crippen MR) is 74.4 cm³/mol. The number of hydrogen-bond donors (Lipinski definition) is 1. The summed E-state index contributed by atoms with van der Waals surface area (Å²) in [6, 6.07) is 4.61. The Bertz CT molecular complexity index is 493. The van der Waals surface area contributed by atoms with Gasteiger partial charge in [-0.2, -0.15) is 0 Å². The van der Waals surface area contributed by atoms with Gasteiger partial charge in [-0.15, -0.1) is 28.0 Å².